The molecule has 0 unspecified atom stereocenters. The summed E-state index contributed by atoms with van der Waals surface area (Å²) in [6, 6.07) is 4.87. The summed E-state index contributed by atoms with van der Waals surface area (Å²) in [6.07, 6.45) is 0. The van der Waals surface area contributed by atoms with Crippen LogP contribution in [-0.4, -0.2) is 30.0 Å². The Labute approximate surface area is 149 Å². The van der Waals surface area contributed by atoms with Gasteiger partial charge in [-0.25, -0.2) is 4.79 Å². The van der Waals surface area contributed by atoms with Gasteiger partial charge in [-0.1, -0.05) is 23.2 Å². The van der Waals surface area contributed by atoms with E-state index in [-0.39, 0.29) is 24.7 Å². The van der Waals surface area contributed by atoms with E-state index in [9.17, 15) is 9.59 Å². The molecule has 1 N–H and O–H groups in total. The number of carbonyl (C=O) groups excluding carboxylic acids is 2. The lowest BCUT2D eigenvalue weighted by Gasteiger charge is -2.09. The number of esters is 1. The number of aromatic amines is 1. The summed E-state index contributed by atoms with van der Waals surface area (Å²) < 4.78 is 10.6. The summed E-state index contributed by atoms with van der Waals surface area (Å²) in [5.41, 5.74) is 2.04. The molecule has 1 aromatic carbocycles. The van der Waals surface area contributed by atoms with Crippen LogP contribution in [0.1, 0.15) is 39.0 Å². The molecule has 7 heteroatoms. The number of rotatable bonds is 6. The van der Waals surface area contributed by atoms with Gasteiger partial charge in [0.15, 0.2) is 5.78 Å². The molecule has 0 saturated carbocycles. The van der Waals surface area contributed by atoms with Crippen LogP contribution in [0.15, 0.2) is 18.2 Å². The summed E-state index contributed by atoms with van der Waals surface area (Å²) in [5.74, 6) is -0.169. The van der Waals surface area contributed by atoms with Crippen LogP contribution < -0.4 is 4.74 Å². The molecular weight excluding hydrogens is 353 g/mol. The molecule has 0 aliphatic heterocycles. The maximum absolute atomic E-state index is 12.1. The highest BCUT2D eigenvalue weighted by Gasteiger charge is 2.20. The van der Waals surface area contributed by atoms with Crippen LogP contribution in [0.3, 0.4) is 0 Å². The number of benzene rings is 1. The normalized spacial score (nSPS) is 10.5. The number of halogens is 2. The van der Waals surface area contributed by atoms with Crippen LogP contribution in [0.25, 0.3) is 0 Å². The highest BCUT2D eigenvalue weighted by atomic mass is 35.5. The molecule has 0 aliphatic carbocycles. The number of hydrogen-bond donors (Lipinski definition) is 1. The van der Waals surface area contributed by atoms with Crippen molar-refractivity contribution in [2.75, 3.05) is 13.2 Å². The van der Waals surface area contributed by atoms with Crippen LogP contribution in [0.4, 0.5) is 0 Å². The number of ketones is 1. The van der Waals surface area contributed by atoms with E-state index in [0.717, 1.165) is 0 Å². The molecular formula is C17H17Cl2NO4. The molecule has 0 saturated heterocycles. The Morgan fingerprint density at radius 3 is 2.46 bits per heavy atom. The van der Waals surface area contributed by atoms with Gasteiger partial charge in [-0.2, -0.15) is 0 Å². The van der Waals surface area contributed by atoms with Crippen LogP contribution in [0.2, 0.25) is 10.0 Å². The van der Waals surface area contributed by atoms with Crippen molar-refractivity contribution >= 4 is 35.0 Å². The fourth-order valence-electron chi connectivity index (χ4n) is 2.43. The Balaban J connectivity index is 1.92. The molecule has 0 aliphatic rings. The molecule has 0 bridgehead atoms. The molecule has 0 amide bonds. The number of hydrogen-bond acceptors (Lipinski definition) is 4. The predicted octanol–water partition coefficient (Wildman–Crippen LogP) is 4.38. The van der Waals surface area contributed by atoms with E-state index in [4.69, 9.17) is 32.7 Å². The van der Waals surface area contributed by atoms with Crippen molar-refractivity contribution in [2.45, 2.75) is 20.8 Å². The maximum Gasteiger partial charge on any atom is 0.355 e. The largest absolute Gasteiger partial charge is 0.488 e. The minimum absolute atomic E-state index is 0.0463. The standard InChI is InChI=1S/C17H17Cl2NO4/c1-9-15(11(3)21)10(2)20-16(9)17(22)24-7-6-23-14-5-4-12(18)8-13(14)19/h4-5,8,20H,6-7H2,1-3H3. The summed E-state index contributed by atoms with van der Waals surface area (Å²) in [6.45, 7) is 5.10. The summed E-state index contributed by atoms with van der Waals surface area (Å²) in [7, 11) is 0. The van der Waals surface area contributed by atoms with Crippen molar-refractivity contribution < 1.29 is 19.1 Å². The first-order valence-electron chi connectivity index (χ1n) is 7.26. The number of carbonyl (C=O) groups is 2. The zero-order valence-electron chi connectivity index (χ0n) is 13.5. The molecule has 2 rings (SSSR count). The van der Waals surface area contributed by atoms with Gasteiger partial charge in [0.05, 0.1) is 5.02 Å². The van der Waals surface area contributed by atoms with Crippen LogP contribution >= 0.6 is 23.2 Å². The van der Waals surface area contributed by atoms with Gasteiger partial charge in [-0.05, 0) is 44.5 Å². The number of H-pyrrole nitrogens is 1. The molecule has 128 valence electrons. The van der Waals surface area contributed by atoms with Gasteiger partial charge in [0.25, 0.3) is 0 Å². The molecule has 24 heavy (non-hydrogen) atoms. The lowest BCUT2D eigenvalue weighted by atomic mass is 10.1. The lowest BCUT2D eigenvalue weighted by Crippen LogP contribution is -2.13. The van der Waals surface area contributed by atoms with Gasteiger partial charge in [-0.3, -0.25) is 4.79 Å². The van der Waals surface area contributed by atoms with Gasteiger partial charge < -0.3 is 14.5 Å². The van der Waals surface area contributed by atoms with Gasteiger partial charge in [-0.15, -0.1) is 0 Å². The van der Waals surface area contributed by atoms with Crippen molar-refractivity contribution in [1.29, 1.82) is 0 Å². The highest BCUT2D eigenvalue weighted by Crippen LogP contribution is 2.27. The Bertz CT molecular complexity index is 783. The average Bonchev–Trinajstić information content (AvgIpc) is 2.80. The highest BCUT2D eigenvalue weighted by molar-refractivity contribution is 6.35. The third-order valence-electron chi connectivity index (χ3n) is 3.46. The number of ether oxygens (including phenoxy) is 2. The van der Waals surface area contributed by atoms with E-state index in [1.54, 1.807) is 32.0 Å². The van der Waals surface area contributed by atoms with E-state index in [2.05, 4.69) is 4.98 Å². The first-order chi connectivity index (χ1) is 11.3. The molecule has 1 heterocycles. The number of nitrogens with one attached hydrogen (secondary N) is 1. The summed E-state index contributed by atoms with van der Waals surface area (Å²) in [4.78, 5) is 26.6. The topological polar surface area (TPSA) is 68.4 Å². The third kappa shape index (κ3) is 4.10. The van der Waals surface area contributed by atoms with Gasteiger partial charge in [0.1, 0.15) is 24.7 Å². The molecule has 1 aromatic heterocycles. The van der Waals surface area contributed by atoms with E-state index in [1.165, 1.54) is 6.92 Å². The third-order valence-corrected chi connectivity index (χ3v) is 3.99. The molecule has 0 spiro atoms. The van der Waals surface area contributed by atoms with Crippen molar-refractivity contribution in [1.82, 2.24) is 4.98 Å². The van der Waals surface area contributed by atoms with E-state index in [1.807, 2.05) is 0 Å². The zero-order chi connectivity index (χ0) is 17.9. The molecule has 5 nitrogen and oxygen atoms in total. The zero-order valence-corrected chi connectivity index (χ0v) is 15.0. The van der Waals surface area contributed by atoms with Crippen molar-refractivity contribution in [2.24, 2.45) is 0 Å². The van der Waals surface area contributed by atoms with Crippen LogP contribution in [0, 0.1) is 13.8 Å². The SMILES string of the molecule is CC(=O)c1c(C)[nH]c(C(=O)OCCOc2ccc(Cl)cc2Cl)c1C. The Hall–Kier alpha value is -1.98. The summed E-state index contributed by atoms with van der Waals surface area (Å²) in [5, 5.41) is 0.897. The second-order valence-corrected chi connectivity index (χ2v) is 6.08. The first-order valence-corrected chi connectivity index (χ1v) is 8.02. The minimum atomic E-state index is -0.533. The second kappa shape index (κ2) is 7.73. The smallest absolute Gasteiger partial charge is 0.355 e. The maximum atomic E-state index is 12.1. The molecule has 0 atom stereocenters. The van der Waals surface area contributed by atoms with E-state index >= 15 is 0 Å². The van der Waals surface area contributed by atoms with Gasteiger partial charge in [0.2, 0.25) is 0 Å². The van der Waals surface area contributed by atoms with Gasteiger partial charge >= 0.3 is 5.97 Å². The first kappa shape index (κ1) is 18.4. The molecule has 0 fully saturated rings. The van der Waals surface area contributed by atoms with E-state index < -0.39 is 5.97 Å². The number of aryl methyl sites for hydroxylation is 1. The minimum Gasteiger partial charge on any atom is -0.488 e. The molecule has 0 radical (unpaired) electrons. The van der Waals surface area contributed by atoms with Gasteiger partial charge in [0, 0.05) is 16.3 Å². The average molecular weight is 370 g/mol. The van der Waals surface area contributed by atoms with Crippen LogP contribution in [0.5, 0.6) is 5.75 Å². The van der Waals surface area contributed by atoms with E-state index in [0.29, 0.717) is 32.6 Å². The number of aromatic nitrogens is 1. The fourth-order valence-corrected chi connectivity index (χ4v) is 2.90. The van der Waals surface area contributed by atoms with Crippen molar-refractivity contribution in [3.05, 3.63) is 50.8 Å². The number of Topliss-reactive ketones (excluding diaryl/α,β-unsaturated/α-hetero) is 1. The second-order valence-electron chi connectivity index (χ2n) is 5.24. The quantitative estimate of drug-likeness (QED) is 0.466. The summed E-state index contributed by atoms with van der Waals surface area (Å²) >= 11 is 11.8. The van der Waals surface area contributed by atoms with Crippen molar-refractivity contribution in [3.63, 3.8) is 0 Å². The monoisotopic (exact) mass is 369 g/mol. The van der Waals surface area contributed by atoms with Crippen molar-refractivity contribution in [3.8, 4) is 5.75 Å². The Morgan fingerprint density at radius 1 is 1.17 bits per heavy atom. The van der Waals surface area contributed by atoms with Crippen LogP contribution in [-0.2, 0) is 4.74 Å². The lowest BCUT2D eigenvalue weighted by molar-refractivity contribution is 0.0443. The predicted molar refractivity (Wildman–Crippen MR) is 92.5 cm³/mol. The Morgan fingerprint density at radius 2 is 1.88 bits per heavy atom. The molecule has 2 aromatic rings. The Kier molecular flexibility index (Phi) is 5.91. The fraction of sp³-hybridized carbons (Fsp3) is 0.294.